The van der Waals surface area contributed by atoms with Gasteiger partial charge in [-0.1, -0.05) is 59.3 Å². The summed E-state index contributed by atoms with van der Waals surface area (Å²) in [5.41, 5.74) is 3.43. The first-order valence-electron chi connectivity index (χ1n) is 10.9. The zero-order valence-electron chi connectivity index (χ0n) is 20.2. The van der Waals surface area contributed by atoms with Crippen molar-refractivity contribution in [1.82, 2.24) is 9.55 Å². The molecule has 0 spiro atoms. The molecule has 0 aliphatic heterocycles. The number of ether oxygens (including phenoxy) is 3. The van der Waals surface area contributed by atoms with Crippen molar-refractivity contribution in [3.8, 4) is 22.9 Å². The Morgan fingerprint density at radius 1 is 0.886 bits per heavy atom. The van der Waals surface area contributed by atoms with Gasteiger partial charge in [0.15, 0.2) is 22.4 Å². The Morgan fingerprint density at radius 2 is 1.49 bits per heavy atom. The minimum absolute atomic E-state index is 0.0564. The van der Waals surface area contributed by atoms with E-state index in [1.54, 1.807) is 18.2 Å². The van der Waals surface area contributed by atoms with Gasteiger partial charge in [-0.2, -0.15) is 0 Å². The van der Waals surface area contributed by atoms with Crippen LogP contribution < -0.4 is 19.8 Å². The van der Waals surface area contributed by atoms with Crippen LogP contribution in [0.4, 0.5) is 0 Å². The van der Waals surface area contributed by atoms with Crippen molar-refractivity contribution < 1.29 is 19.0 Å². The van der Waals surface area contributed by atoms with E-state index < -0.39 is 0 Å². The van der Waals surface area contributed by atoms with E-state index in [0.717, 1.165) is 11.1 Å². The molecule has 0 aliphatic rings. The monoisotopic (exact) mass is 490 g/mol. The third-order valence-corrected chi connectivity index (χ3v) is 6.57. The summed E-state index contributed by atoms with van der Waals surface area (Å²) in [5, 5.41) is 0.687. The lowest BCUT2D eigenvalue weighted by Crippen LogP contribution is -2.22. The normalized spacial score (nSPS) is 10.9. The van der Waals surface area contributed by atoms with E-state index >= 15 is 0 Å². The smallest absolute Gasteiger partial charge is 0.266 e. The molecule has 0 N–H and O–H groups in total. The summed E-state index contributed by atoms with van der Waals surface area (Å²) in [6.45, 7) is 3.95. The van der Waals surface area contributed by atoms with Crippen LogP contribution in [0.5, 0.6) is 17.2 Å². The van der Waals surface area contributed by atoms with E-state index in [-0.39, 0.29) is 17.1 Å². The second kappa shape index (κ2) is 10.2. The molecule has 0 saturated heterocycles. The molecule has 0 radical (unpaired) electrons. The molecule has 180 valence electrons. The number of rotatable bonds is 8. The summed E-state index contributed by atoms with van der Waals surface area (Å²) in [5.74, 6) is 1.05. The second-order valence-corrected chi connectivity index (χ2v) is 8.93. The summed E-state index contributed by atoms with van der Waals surface area (Å²) in [6, 6.07) is 16.6. The van der Waals surface area contributed by atoms with Crippen LogP contribution in [0.25, 0.3) is 16.6 Å². The van der Waals surface area contributed by atoms with Gasteiger partial charge in [0.1, 0.15) is 5.52 Å². The van der Waals surface area contributed by atoms with Crippen LogP contribution in [0.2, 0.25) is 0 Å². The number of carbonyl (C=O) groups excluding carboxylic acids is 1. The fourth-order valence-corrected chi connectivity index (χ4v) is 4.64. The molecule has 0 unspecified atom stereocenters. The van der Waals surface area contributed by atoms with Crippen LogP contribution in [0.3, 0.4) is 0 Å². The number of aromatic nitrogens is 2. The highest BCUT2D eigenvalue weighted by Crippen LogP contribution is 2.42. The minimum Gasteiger partial charge on any atom is -0.493 e. The van der Waals surface area contributed by atoms with Gasteiger partial charge in [-0.05, 0) is 32.0 Å². The summed E-state index contributed by atoms with van der Waals surface area (Å²) >= 11 is 1.20. The standard InChI is InChI=1S/C27H26N2O5S/c1-16-6-10-18(11-7-16)21(30)15-35-27-28-23-20(14-22(32-3)24(33-4)25(23)34-5)26(31)29(27)19-12-8-17(2)9-13-19/h6-14H,15H2,1-5H3. The molecule has 4 aromatic rings. The number of hydrogen-bond donors (Lipinski definition) is 0. The van der Waals surface area contributed by atoms with Gasteiger partial charge < -0.3 is 14.2 Å². The van der Waals surface area contributed by atoms with Crippen molar-refractivity contribution in [3.05, 3.63) is 81.6 Å². The fourth-order valence-electron chi connectivity index (χ4n) is 3.74. The fraction of sp³-hybridized carbons (Fsp3) is 0.222. The highest BCUT2D eigenvalue weighted by molar-refractivity contribution is 7.99. The lowest BCUT2D eigenvalue weighted by Gasteiger charge is -2.17. The number of thioether (sulfide) groups is 1. The van der Waals surface area contributed by atoms with E-state index in [1.807, 2.05) is 50.2 Å². The van der Waals surface area contributed by atoms with Crippen LogP contribution in [0.15, 0.2) is 64.5 Å². The molecule has 1 heterocycles. The van der Waals surface area contributed by atoms with Gasteiger partial charge >= 0.3 is 0 Å². The molecule has 0 fully saturated rings. The van der Waals surface area contributed by atoms with Crippen LogP contribution in [-0.4, -0.2) is 42.4 Å². The van der Waals surface area contributed by atoms with E-state index in [9.17, 15) is 9.59 Å². The highest BCUT2D eigenvalue weighted by Gasteiger charge is 2.23. The third kappa shape index (κ3) is 4.74. The van der Waals surface area contributed by atoms with Crippen molar-refractivity contribution in [2.24, 2.45) is 0 Å². The van der Waals surface area contributed by atoms with Crippen LogP contribution in [0, 0.1) is 13.8 Å². The molecule has 0 aliphatic carbocycles. The number of nitrogens with zero attached hydrogens (tertiary/aromatic N) is 2. The second-order valence-electron chi connectivity index (χ2n) is 7.99. The summed E-state index contributed by atoms with van der Waals surface area (Å²) in [4.78, 5) is 31.5. The molecule has 1 aromatic heterocycles. The Hall–Kier alpha value is -3.78. The first-order chi connectivity index (χ1) is 16.9. The van der Waals surface area contributed by atoms with Gasteiger partial charge in [0.25, 0.3) is 5.56 Å². The molecular weight excluding hydrogens is 464 g/mol. The van der Waals surface area contributed by atoms with E-state index in [2.05, 4.69) is 0 Å². The van der Waals surface area contributed by atoms with Crippen molar-refractivity contribution in [3.63, 3.8) is 0 Å². The van der Waals surface area contributed by atoms with Gasteiger partial charge in [-0.15, -0.1) is 0 Å². The molecule has 0 bridgehead atoms. The van der Waals surface area contributed by atoms with Crippen molar-refractivity contribution in [1.29, 1.82) is 0 Å². The number of aryl methyl sites for hydroxylation is 2. The molecule has 0 atom stereocenters. The number of fused-ring (bicyclic) bond motifs is 1. The number of carbonyl (C=O) groups is 1. The molecule has 3 aromatic carbocycles. The minimum atomic E-state index is -0.302. The van der Waals surface area contributed by atoms with Gasteiger partial charge in [-0.25, -0.2) is 4.98 Å². The molecule has 0 saturated carbocycles. The summed E-state index contributed by atoms with van der Waals surface area (Å²) < 4.78 is 18.0. The molecule has 7 nitrogen and oxygen atoms in total. The average molecular weight is 491 g/mol. The summed E-state index contributed by atoms with van der Waals surface area (Å²) in [7, 11) is 4.48. The lowest BCUT2D eigenvalue weighted by molar-refractivity contribution is 0.102. The highest BCUT2D eigenvalue weighted by atomic mass is 32.2. The number of Topliss-reactive ketones (excluding diaryl/α,β-unsaturated/α-hetero) is 1. The quantitative estimate of drug-likeness (QED) is 0.195. The Morgan fingerprint density at radius 3 is 2.06 bits per heavy atom. The number of ketones is 1. The molecule has 0 amide bonds. The topological polar surface area (TPSA) is 79.7 Å². The van der Waals surface area contributed by atoms with Crippen LogP contribution in [0.1, 0.15) is 21.5 Å². The molecule has 35 heavy (non-hydrogen) atoms. The Kier molecular flexibility index (Phi) is 7.12. The van der Waals surface area contributed by atoms with Gasteiger partial charge in [0.05, 0.1) is 38.2 Å². The first-order valence-corrected chi connectivity index (χ1v) is 11.9. The van der Waals surface area contributed by atoms with Gasteiger partial charge in [0, 0.05) is 5.56 Å². The number of methoxy groups -OCH3 is 3. The molecule has 8 heteroatoms. The Labute approximate surface area is 207 Å². The Balaban J connectivity index is 1.89. The van der Waals surface area contributed by atoms with Gasteiger partial charge in [-0.3, -0.25) is 14.2 Å². The molecular formula is C27H26N2O5S. The predicted molar refractivity (Wildman–Crippen MR) is 138 cm³/mol. The lowest BCUT2D eigenvalue weighted by atomic mass is 10.1. The average Bonchev–Trinajstić information content (AvgIpc) is 2.87. The van der Waals surface area contributed by atoms with Crippen molar-refractivity contribution >= 4 is 28.4 Å². The zero-order valence-corrected chi connectivity index (χ0v) is 21.1. The first kappa shape index (κ1) is 24.3. The van der Waals surface area contributed by atoms with Crippen molar-refractivity contribution in [2.75, 3.05) is 27.1 Å². The maximum absolute atomic E-state index is 13.8. The third-order valence-electron chi connectivity index (χ3n) is 5.63. The molecule has 4 rings (SSSR count). The number of benzene rings is 3. The SMILES string of the molecule is COc1cc2c(=O)n(-c3ccc(C)cc3)c(SCC(=O)c3ccc(C)cc3)nc2c(OC)c1OC. The number of hydrogen-bond acceptors (Lipinski definition) is 7. The predicted octanol–water partition coefficient (Wildman–Crippen LogP) is 5.00. The van der Waals surface area contributed by atoms with E-state index in [4.69, 9.17) is 19.2 Å². The van der Waals surface area contributed by atoms with Crippen molar-refractivity contribution in [2.45, 2.75) is 19.0 Å². The van der Waals surface area contributed by atoms with E-state index in [0.29, 0.717) is 44.6 Å². The van der Waals surface area contributed by atoms with Crippen LogP contribution in [-0.2, 0) is 0 Å². The van der Waals surface area contributed by atoms with Crippen LogP contribution >= 0.6 is 11.8 Å². The Bertz CT molecular complexity index is 1440. The maximum atomic E-state index is 13.8. The van der Waals surface area contributed by atoms with Gasteiger partial charge in [0.2, 0.25) is 5.75 Å². The zero-order chi connectivity index (χ0) is 25.1. The van der Waals surface area contributed by atoms with E-state index in [1.165, 1.54) is 37.7 Å². The largest absolute Gasteiger partial charge is 0.493 e. The maximum Gasteiger partial charge on any atom is 0.266 e. The summed E-state index contributed by atoms with van der Waals surface area (Å²) in [6.07, 6.45) is 0.